The molecule has 0 spiro atoms. The van der Waals surface area contributed by atoms with Gasteiger partial charge in [0.2, 0.25) is 5.91 Å². The van der Waals surface area contributed by atoms with Gasteiger partial charge < -0.3 is 24.8 Å². The van der Waals surface area contributed by atoms with Gasteiger partial charge in [-0.25, -0.2) is 0 Å². The Kier molecular flexibility index (Phi) is 6.36. The fourth-order valence-electron chi connectivity index (χ4n) is 4.11. The van der Waals surface area contributed by atoms with Crippen LogP contribution in [0.4, 0.5) is 11.4 Å². The molecule has 2 aromatic heterocycles. The highest BCUT2D eigenvalue weighted by Gasteiger charge is 2.42. The molecule has 0 saturated carbocycles. The van der Waals surface area contributed by atoms with Crippen molar-refractivity contribution in [2.24, 2.45) is 12.5 Å². The summed E-state index contributed by atoms with van der Waals surface area (Å²) < 4.78 is 7.83. The van der Waals surface area contributed by atoms with E-state index in [0.717, 1.165) is 22.8 Å². The lowest BCUT2D eigenvalue weighted by molar-refractivity contribution is -0.123. The van der Waals surface area contributed by atoms with Gasteiger partial charge >= 0.3 is 0 Å². The third-order valence-electron chi connectivity index (χ3n) is 6.21. The van der Waals surface area contributed by atoms with Crippen LogP contribution in [-0.2, 0) is 11.8 Å². The first-order valence-electron chi connectivity index (χ1n) is 11.2. The van der Waals surface area contributed by atoms with Gasteiger partial charge in [0.25, 0.3) is 0 Å². The zero-order valence-corrected chi connectivity index (χ0v) is 21.2. The minimum Gasteiger partial charge on any atom is -0.494 e. The van der Waals surface area contributed by atoms with Crippen LogP contribution in [0.25, 0.3) is 0 Å². The van der Waals surface area contributed by atoms with E-state index in [1.165, 1.54) is 0 Å². The number of aromatic nitrogens is 2. The number of nitrogens with zero attached hydrogens (tertiary/aromatic N) is 3. The maximum absolute atomic E-state index is 12.6. The Bertz CT molecular complexity index is 1220. The molecule has 1 fully saturated rings. The van der Waals surface area contributed by atoms with Crippen molar-refractivity contribution in [2.45, 2.75) is 39.8 Å². The van der Waals surface area contributed by atoms with Crippen molar-refractivity contribution < 1.29 is 9.53 Å². The van der Waals surface area contributed by atoms with Gasteiger partial charge in [0.05, 0.1) is 24.5 Å². The fraction of sp³-hybridized carbons (Fsp3) is 0.346. The third kappa shape index (κ3) is 4.37. The van der Waals surface area contributed by atoms with Crippen molar-refractivity contribution >= 4 is 34.6 Å². The maximum atomic E-state index is 12.6. The lowest BCUT2D eigenvalue weighted by atomic mass is 9.95. The molecule has 178 valence electrons. The standard InChI is InChI=1S/C26H31N5O2S/c1-16-10-13-20(30(16)5)23-22(19-9-7-8-14-27-19)29-25(34)31(23)17-11-12-18(21(15-17)33-6)28-24(32)26(2,3)4/h7-15,22-23H,1-6H3,(H,28,32)(H,29,34). The van der Waals surface area contributed by atoms with Gasteiger partial charge in [-0.15, -0.1) is 0 Å². The van der Waals surface area contributed by atoms with Gasteiger partial charge in [-0.1, -0.05) is 26.8 Å². The van der Waals surface area contributed by atoms with Crippen LogP contribution in [0.1, 0.15) is 49.9 Å². The molecule has 2 unspecified atom stereocenters. The summed E-state index contributed by atoms with van der Waals surface area (Å²) >= 11 is 5.83. The zero-order valence-electron chi connectivity index (χ0n) is 20.4. The summed E-state index contributed by atoms with van der Waals surface area (Å²) in [7, 11) is 3.66. The molecule has 7 nitrogen and oxygen atoms in total. The van der Waals surface area contributed by atoms with Crippen LogP contribution in [0.3, 0.4) is 0 Å². The third-order valence-corrected chi connectivity index (χ3v) is 6.52. The maximum Gasteiger partial charge on any atom is 0.229 e. The lowest BCUT2D eigenvalue weighted by Gasteiger charge is -2.29. The SMILES string of the molecule is COc1cc(N2C(=S)NC(c3ccccn3)C2c2ccc(C)n2C)ccc1NC(=O)C(C)(C)C. The first-order chi connectivity index (χ1) is 16.1. The molecule has 2 atom stereocenters. The number of carbonyl (C=O) groups excluding carboxylic acids is 1. The van der Waals surface area contributed by atoms with E-state index in [1.807, 2.05) is 57.2 Å². The number of rotatable bonds is 5. The van der Waals surface area contributed by atoms with Gasteiger partial charge in [-0.05, 0) is 55.5 Å². The first kappa shape index (κ1) is 23.8. The molecule has 3 heterocycles. The average Bonchev–Trinajstić information content (AvgIpc) is 3.32. The number of hydrogen-bond donors (Lipinski definition) is 2. The molecule has 4 rings (SSSR count). The average molecular weight is 478 g/mol. The minimum absolute atomic E-state index is 0.0794. The van der Waals surface area contributed by atoms with Crippen molar-refractivity contribution in [1.82, 2.24) is 14.9 Å². The van der Waals surface area contributed by atoms with Crippen LogP contribution in [0.2, 0.25) is 0 Å². The van der Waals surface area contributed by atoms with Crippen molar-refractivity contribution in [3.63, 3.8) is 0 Å². The number of hydrogen-bond acceptors (Lipinski definition) is 4. The summed E-state index contributed by atoms with van der Waals surface area (Å²) in [6, 6.07) is 15.6. The molecule has 1 amide bonds. The molecule has 34 heavy (non-hydrogen) atoms. The second-order valence-corrected chi connectivity index (χ2v) is 9.93. The summed E-state index contributed by atoms with van der Waals surface area (Å²) in [5.74, 6) is 0.491. The van der Waals surface area contributed by atoms with Crippen molar-refractivity contribution in [3.8, 4) is 5.75 Å². The molecule has 0 radical (unpaired) electrons. The van der Waals surface area contributed by atoms with E-state index in [0.29, 0.717) is 16.5 Å². The van der Waals surface area contributed by atoms with E-state index in [2.05, 4.69) is 51.2 Å². The quantitative estimate of drug-likeness (QED) is 0.510. The van der Waals surface area contributed by atoms with Crippen molar-refractivity contribution in [3.05, 3.63) is 71.8 Å². The van der Waals surface area contributed by atoms with Crippen LogP contribution in [0.15, 0.2) is 54.7 Å². The molecule has 8 heteroatoms. The number of ether oxygens (including phenoxy) is 1. The van der Waals surface area contributed by atoms with Crippen LogP contribution in [0, 0.1) is 12.3 Å². The number of carbonyl (C=O) groups is 1. The Morgan fingerprint density at radius 3 is 2.53 bits per heavy atom. The van der Waals surface area contributed by atoms with Gasteiger partial charge in [0.15, 0.2) is 5.11 Å². The highest BCUT2D eigenvalue weighted by molar-refractivity contribution is 7.80. The molecule has 1 saturated heterocycles. The number of methoxy groups -OCH3 is 1. The van der Waals surface area contributed by atoms with Crippen LogP contribution < -0.4 is 20.3 Å². The lowest BCUT2D eigenvalue weighted by Crippen LogP contribution is -2.30. The number of nitrogens with one attached hydrogen (secondary N) is 2. The second-order valence-electron chi connectivity index (χ2n) is 9.54. The van der Waals surface area contributed by atoms with E-state index >= 15 is 0 Å². The summed E-state index contributed by atoms with van der Waals surface area (Å²) in [6.07, 6.45) is 1.80. The number of anilines is 2. The normalized spacial score (nSPS) is 18.1. The van der Waals surface area contributed by atoms with E-state index in [-0.39, 0.29) is 18.0 Å². The Labute approximate surface area is 206 Å². The number of thiocarbonyl (C=S) groups is 1. The smallest absolute Gasteiger partial charge is 0.229 e. The summed E-state index contributed by atoms with van der Waals surface area (Å²) in [5.41, 5.74) is 4.16. The van der Waals surface area contributed by atoms with E-state index in [4.69, 9.17) is 17.0 Å². The van der Waals surface area contributed by atoms with Crippen LogP contribution in [0.5, 0.6) is 5.75 Å². The van der Waals surface area contributed by atoms with Gasteiger partial charge in [-0.2, -0.15) is 0 Å². The Morgan fingerprint density at radius 1 is 1.18 bits per heavy atom. The van der Waals surface area contributed by atoms with Crippen LogP contribution in [-0.4, -0.2) is 27.7 Å². The van der Waals surface area contributed by atoms with Gasteiger partial charge in [-0.3, -0.25) is 9.78 Å². The van der Waals surface area contributed by atoms with E-state index in [9.17, 15) is 4.79 Å². The molecule has 0 bridgehead atoms. The summed E-state index contributed by atoms with van der Waals surface area (Å²) in [4.78, 5) is 19.3. The van der Waals surface area contributed by atoms with E-state index < -0.39 is 5.41 Å². The highest BCUT2D eigenvalue weighted by Crippen LogP contribution is 2.43. The second kappa shape index (κ2) is 9.10. The Balaban J connectivity index is 1.78. The number of benzene rings is 1. The van der Waals surface area contributed by atoms with E-state index in [1.54, 1.807) is 13.3 Å². The summed E-state index contributed by atoms with van der Waals surface area (Å²) in [5, 5.41) is 7.06. The predicted octanol–water partition coefficient (Wildman–Crippen LogP) is 4.90. The molecule has 3 aromatic rings. The summed E-state index contributed by atoms with van der Waals surface area (Å²) in [6.45, 7) is 7.71. The molecular weight excluding hydrogens is 446 g/mol. The fourth-order valence-corrected chi connectivity index (χ4v) is 4.45. The first-order valence-corrected chi connectivity index (χ1v) is 11.6. The van der Waals surface area contributed by atoms with Gasteiger partial charge in [0.1, 0.15) is 11.8 Å². The topological polar surface area (TPSA) is 71.4 Å². The van der Waals surface area contributed by atoms with Gasteiger partial charge in [0, 0.05) is 41.8 Å². The molecule has 1 aliphatic rings. The molecule has 1 aromatic carbocycles. The predicted molar refractivity (Wildman–Crippen MR) is 139 cm³/mol. The van der Waals surface area contributed by atoms with Crippen molar-refractivity contribution in [1.29, 1.82) is 0 Å². The number of amides is 1. The highest BCUT2D eigenvalue weighted by atomic mass is 32.1. The van der Waals surface area contributed by atoms with Crippen molar-refractivity contribution in [2.75, 3.05) is 17.3 Å². The molecule has 2 N–H and O–H groups in total. The largest absolute Gasteiger partial charge is 0.494 e. The van der Waals surface area contributed by atoms with Crippen LogP contribution >= 0.6 is 12.2 Å². The Morgan fingerprint density at radius 2 is 1.94 bits per heavy atom. The zero-order chi connectivity index (χ0) is 24.6. The molecular formula is C26H31N5O2S. The minimum atomic E-state index is -0.518. The Hall–Kier alpha value is -3.39. The number of aryl methyl sites for hydroxylation is 1. The molecule has 0 aliphatic carbocycles. The monoisotopic (exact) mass is 477 g/mol. The number of pyridine rings is 1. The molecule has 1 aliphatic heterocycles.